The van der Waals surface area contributed by atoms with Gasteiger partial charge in [0, 0.05) is 78.0 Å². The summed E-state index contributed by atoms with van der Waals surface area (Å²) in [6.07, 6.45) is 4.90. The highest BCUT2D eigenvalue weighted by Gasteiger charge is 2.38. The van der Waals surface area contributed by atoms with Crippen LogP contribution in [0.5, 0.6) is 0 Å². The molecule has 2 fully saturated rings. The molecule has 5 heterocycles. The molecule has 3 amide bonds. The van der Waals surface area contributed by atoms with Gasteiger partial charge in [0.1, 0.15) is 12.6 Å². The first-order valence-electron chi connectivity index (χ1n) is 19.4. The van der Waals surface area contributed by atoms with E-state index in [9.17, 15) is 31.2 Å². The highest BCUT2D eigenvalue weighted by Crippen LogP contribution is 2.34. The van der Waals surface area contributed by atoms with Crippen LogP contribution in [0.15, 0.2) is 99.7 Å². The van der Waals surface area contributed by atoms with Gasteiger partial charge in [-0.3, -0.25) is 23.8 Å². The fraction of sp³-hybridized carbons (Fsp3) is 0.325. The van der Waals surface area contributed by atoms with Gasteiger partial charge in [0.05, 0.1) is 16.3 Å². The minimum atomic E-state index is -3.79. The van der Waals surface area contributed by atoms with Gasteiger partial charge in [-0.15, -0.1) is 22.7 Å². The lowest BCUT2D eigenvalue weighted by atomic mass is 9.94. The number of amides is 3. The number of hydrogen-bond donors (Lipinski definition) is 3. The molecule has 0 bridgehead atoms. The van der Waals surface area contributed by atoms with Crippen LogP contribution < -0.4 is 29.5 Å². The van der Waals surface area contributed by atoms with Crippen LogP contribution in [0.2, 0.25) is 5.02 Å². The monoisotopic (exact) mass is 925 g/mol. The van der Waals surface area contributed by atoms with Crippen molar-refractivity contribution in [3.63, 3.8) is 0 Å². The first-order chi connectivity index (χ1) is 29.2. The number of halogens is 1. The average Bonchev–Trinajstić information content (AvgIpc) is 3.96. The van der Waals surface area contributed by atoms with Gasteiger partial charge in [-0.1, -0.05) is 25.4 Å². The Labute approximate surface area is 367 Å². The Kier molecular flexibility index (Phi) is 13.6. The number of piperazine rings is 2. The number of anilines is 5. The fourth-order valence-electron chi connectivity index (χ4n) is 7.37. The largest absolute Gasteiger partial charge is 0.359 e. The van der Waals surface area contributed by atoms with Gasteiger partial charge in [-0.2, -0.15) is 0 Å². The van der Waals surface area contributed by atoms with Crippen LogP contribution in [-0.2, 0) is 40.9 Å². The summed E-state index contributed by atoms with van der Waals surface area (Å²) in [7, 11) is -7.45. The molecule has 16 nitrogen and oxygen atoms in total. The molecule has 1 atom stereocenters. The maximum atomic E-state index is 13.8. The van der Waals surface area contributed by atoms with Gasteiger partial charge in [-0.25, -0.2) is 26.8 Å². The van der Waals surface area contributed by atoms with Gasteiger partial charge < -0.3 is 24.9 Å². The van der Waals surface area contributed by atoms with Crippen molar-refractivity contribution in [2.45, 2.75) is 42.5 Å². The Hall–Kier alpha value is -5.12. The zero-order valence-electron chi connectivity index (χ0n) is 33.2. The predicted molar refractivity (Wildman–Crippen MR) is 239 cm³/mol. The summed E-state index contributed by atoms with van der Waals surface area (Å²) < 4.78 is 54.6. The molecule has 322 valence electrons. The fourth-order valence-corrected chi connectivity index (χ4v) is 11.1. The Morgan fingerprint density at radius 1 is 0.770 bits per heavy atom. The van der Waals surface area contributed by atoms with Gasteiger partial charge >= 0.3 is 0 Å². The van der Waals surface area contributed by atoms with Crippen molar-refractivity contribution in [3.05, 3.63) is 100 Å². The third-order valence-corrected chi connectivity index (χ3v) is 14.8. The molecule has 2 aromatic heterocycles. The van der Waals surface area contributed by atoms with E-state index in [4.69, 9.17) is 11.6 Å². The lowest BCUT2D eigenvalue weighted by Crippen LogP contribution is -2.59. The lowest BCUT2D eigenvalue weighted by Gasteiger charge is -2.43. The van der Waals surface area contributed by atoms with E-state index >= 15 is 0 Å². The molecule has 3 aromatic carbocycles. The number of nitrogens with one attached hydrogen (secondary N) is 3. The smallest absolute Gasteiger partial charge is 0.263 e. The van der Waals surface area contributed by atoms with Gasteiger partial charge in [0.2, 0.25) is 17.7 Å². The lowest BCUT2D eigenvalue weighted by molar-refractivity contribution is -0.138. The molecule has 0 radical (unpaired) electrons. The van der Waals surface area contributed by atoms with E-state index in [0.717, 1.165) is 37.2 Å². The second kappa shape index (κ2) is 18.9. The van der Waals surface area contributed by atoms with Crippen molar-refractivity contribution in [3.8, 4) is 0 Å². The van der Waals surface area contributed by atoms with E-state index in [1.807, 2.05) is 32.0 Å². The molecule has 2 saturated heterocycles. The number of aromatic nitrogens is 2. The number of fused-ring (bicyclic) bond motifs is 1. The second-order valence-corrected chi connectivity index (χ2v) is 20.2. The molecule has 0 unspecified atom stereocenters. The van der Waals surface area contributed by atoms with E-state index in [2.05, 4.69) is 29.6 Å². The SMILES string of the molecule is CC(C)[C@@H](C(=O)N1CCN(c2ccc(S(=O)(=O)Nc3nccs3)cc2)C(=O)C1)N1CCCc2cc(Cl)ccc21.O=C1CNCCN1c1ccc(S(=O)(=O)Nc2nccs2)cc1. The summed E-state index contributed by atoms with van der Waals surface area (Å²) in [4.78, 5) is 53.9. The molecular formula is C40H44ClN9O7S4. The molecule has 3 aliphatic heterocycles. The van der Waals surface area contributed by atoms with Crippen molar-refractivity contribution >= 4 is 99.4 Å². The van der Waals surface area contributed by atoms with Crippen LogP contribution in [0.4, 0.5) is 27.3 Å². The number of hydrogen-bond acceptors (Lipinski definition) is 13. The highest BCUT2D eigenvalue weighted by molar-refractivity contribution is 7.93. The van der Waals surface area contributed by atoms with Crippen molar-refractivity contribution in [2.24, 2.45) is 5.92 Å². The zero-order valence-corrected chi connectivity index (χ0v) is 37.3. The number of thiazole rings is 2. The van der Waals surface area contributed by atoms with Gasteiger partial charge in [0.15, 0.2) is 10.3 Å². The maximum absolute atomic E-state index is 13.8. The Morgan fingerprint density at radius 2 is 1.34 bits per heavy atom. The molecule has 8 rings (SSSR count). The first kappa shape index (κ1) is 44.0. The summed E-state index contributed by atoms with van der Waals surface area (Å²) in [6.45, 7) is 7.10. The van der Waals surface area contributed by atoms with Gasteiger partial charge in [0.25, 0.3) is 20.0 Å². The number of rotatable bonds is 11. The van der Waals surface area contributed by atoms with E-state index in [-0.39, 0.29) is 51.1 Å². The summed E-state index contributed by atoms with van der Waals surface area (Å²) in [5.41, 5.74) is 3.45. The normalized spacial score (nSPS) is 16.5. The van der Waals surface area contributed by atoms with Gasteiger partial charge in [-0.05, 0) is 91.1 Å². The molecule has 21 heteroatoms. The Morgan fingerprint density at radius 3 is 1.85 bits per heavy atom. The number of sulfonamides is 2. The van der Waals surface area contributed by atoms with Crippen LogP contribution in [0.25, 0.3) is 0 Å². The number of carbonyl (C=O) groups is 3. The Bertz CT molecular complexity index is 2560. The summed E-state index contributed by atoms with van der Waals surface area (Å²) >= 11 is 8.62. The molecule has 3 aliphatic rings. The molecule has 0 spiro atoms. The number of carbonyl (C=O) groups excluding carboxylic acids is 3. The molecular weight excluding hydrogens is 882 g/mol. The van der Waals surface area contributed by atoms with Crippen molar-refractivity contribution in [1.82, 2.24) is 20.2 Å². The van der Waals surface area contributed by atoms with Crippen LogP contribution in [0.1, 0.15) is 25.8 Å². The zero-order chi connectivity index (χ0) is 43.3. The first-order valence-corrected chi connectivity index (χ1v) is 24.5. The van der Waals surface area contributed by atoms with Crippen LogP contribution in [0.3, 0.4) is 0 Å². The molecule has 5 aromatic rings. The molecule has 61 heavy (non-hydrogen) atoms. The van der Waals surface area contributed by atoms with Crippen LogP contribution in [-0.4, -0.2) is 101 Å². The number of benzene rings is 3. The average molecular weight is 927 g/mol. The molecule has 0 aliphatic carbocycles. The number of nitrogens with zero attached hydrogens (tertiary/aromatic N) is 6. The second-order valence-electron chi connectivity index (χ2n) is 14.7. The molecule has 3 N–H and O–H groups in total. The third kappa shape index (κ3) is 10.3. The Balaban J connectivity index is 0.000000215. The minimum absolute atomic E-state index is 0.0252. The van der Waals surface area contributed by atoms with Crippen LogP contribution >= 0.6 is 34.3 Å². The topological polar surface area (TPSA) is 194 Å². The van der Waals surface area contributed by atoms with Crippen LogP contribution in [0, 0.1) is 5.92 Å². The van der Waals surface area contributed by atoms with Crippen molar-refractivity contribution < 1.29 is 31.2 Å². The quantitative estimate of drug-likeness (QED) is 0.159. The predicted octanol–water partition coefficient (Wildman–Crippen LogP) is 5.13. The maximum Gasteiger partial charge on any atom is 0.263 e. The van der Waals surface area contributed by atoms with Crippen molar-refractivity contribution in [1.29, 1.82) is 0 Å². The number of aryl methyl sites for hydroxylation is 1. The summed E-state index contributed by atoms with van der Waals surface area (Å²) in [6, 6.07) is 17.8. The van der Waals surface area contributed by atoms with E-state index < -0.39 is 20.0 Å². The minimum Gasteiger partial charge on any atom is -0.359 e. The highest BCUT2D eigenvalue weighted by atomic mass is 35.5. The van der Waals surface area contributed by atoms with E-state index in [1.54, 1.807) is 49.7 Å². The summed E-state index contributed by atoms with van der Waals surface area (Å²) in [5, 5.41) is 7.66. The van der Waals surface area contributed by atoms with Crippen molar-refractivity contribution in [2.75, 3.05) is 70.0 Å². The van der Waals surface area contributed by atoms with E-state index in [0.29, 0.717) is 47.7 Å². The third-order valence-electron chi connectivity index (χ3n) is 10.3. The molecule has 0 saturated carbocycles. The van der Waals surface area contributed by atoms with E-state index in [1.165, 1.54) is 59.3 Å². The standard InChI is InChI=1S/C27H30ClN5O4S2.C13H14N4O3S2/c1-18(2)25(33-12-3-4-19-16-20(28)5-10-23(19)33)26(35)31-13-14-32(24(34)17-31)21-6-8-22(9-7-21)39(36,37)30-27-29-11-15-38-27;18-12-9-14-5-7-17(12)10-1-3-11(4-2-10)22(19,20)16-13-15-6-8-21-13/h5-11,15-16,18,25H,3-4,12-14,17H2,1-2H3,(H,29,30);1-4,6,8,14H,5,7,9H2,(H,15,16)/t25-;/m0./s1. The summed E-state index contributed by atoms with van der Waals surface area (Å²) in [5.74, 6) is -0.252.